The molecule has 98 valence electrons. The molecule has 0 saturated heterocycles. The van der Waals surface area contributed by atoms with Gasteiger partial charge < -0.3 is 10.7 Å². The van der Waals surface area contributed by atoms with Crippen LogP contribution < -0.4 is 5.73 Å². The number of hydrogen-bond acceptors (Lipinski definition) is 2. The number of rotatable bonds is 3. The number of fused-ring (bicyclic) bond motifs is 3. The molecule has 0 aliphatic carbocycles. The van der Waals surface area contributed by atoms with Crippen LogP contribution in [0.3, 0.4) is 0 Å². The fourth-order valence-electron chi connectivity index (χ4n) is 2.78. The molecule has 3 heteroatoms. The summed E-state index contributed by atoms with van der Waals surface area (Å²) in [6, 6.07) is 8.60. The lowest BCUT2D eigenvalue weighted by Gasteiger charge is -2.19. The molecule has 1 atom stereocenters. The zero-order valence-electron chi connectivity index (χ0n) is 11.4. The number of aromatic nitrogens is 2. The van der Waals surface area contributed by atoms with Gasteiger partial charge in [0.2, 0.25) is 0 Å². The highest BCUT2D eigenvalue weighted by Crippen LogP contribution is 2.30. The Hall–Kier alpha value is -1.87. The van der Waals surface area contributed by atoms with E-state index < -0.39 is 0 Å². The van der Waals surface area contributed by atoms with Gasteiger partial charge >= 0.3 is 0 Å². The fraction of sp³-hybridized carbons (Fsp3) is 0.312. The monoisotopic (exact) mass is 253 g/mol. The second kappa shape index (κ2) is 4.67. The number of nitrogens with two attached hydrogens (primary N) is 1. The van der Waals surface area contributed by atoms with Gasteiger partial charge in [-0.05, 0) is 42.1 Å². The van der Waals surface area contributed by atoms with Gasteiger partial charge in [0.1, 0.15) is 0 Å². The number of nitrogens with one attached hydrogen (secondary N) is 1. The van der Waals surface area contributed by atoms with E-state index in [2.05, 4.69) is 42.0 Å². The third-order valence-electron chi connectivity index (χ3n) is 3.91. The Morgan fingerprint density at radius 2 is 1.95 bits per heavy atom. The van der Waals surface area contributed by atoms with Crippen LogP contribution in [0, 0.1) is 5.92 Å². The largest absolute Gasteiger partial charge is 0.354 e. The Balaban J connectivity index is 2.21. The molecule has 0 saturated carbocycles. The molecule has 2 aromatic heterocycles. The molecule has 2 heterocycles. The third-order valence-corrected chi connectivity index (χ3v) is 3.91. The standard InChI is InChI=1S/C16H19N3/c1-10(2)13(8-17)11-3-4-15-12(7-11)14-9-18-6-5-16(14)19-15/h3-7,9-10,13,19H,8,17H2,1-2H3. The van der Waals surface area contributed by atoms with Crippen LogP contribution in [0.1, 0.15) is 25.3 Å². The Bertz CT molecular complexity index is 712. The van der Waals surface area contributed by atoms with Crippen molar-refractivity contribution in [2.75, 3.05) is 6.54 Å². The van der Waals surface area contributed by atoms with Crippen molar-refractivity contribution in [3.05, 3.63) is 42.2 Å². The summed E-state index contributed by atoms with van der Waals surface area (Å²) in [6.45, 7) is 5.13. The summed E-state index contributed by atoms with van der Waals surface area (Å²) < 4.78 is 0. The van der Waals surface area contributed by atoms with Crippen LogP contribution in [0.2, 0.25) is 0 Å². The molecular formula is C16H19N3. The van der Waals surface area contributed by atoms with E-state index in [0.29, 0.717) is 18.4 Å². The van der Waals surface area contributed by atoms with Crippen LogP contribution in [0.15, 0.2) is 36.7 Å². The average Bonchev–Trinajstić information content (AvgIpc) is 2.77. The zero-order chi connectivity index (χ0) is 13.4. The molecule has 3 aromatic rings. The van der Waals surface area contributed by atoms with Crippen LogP contribution in [0.5, 0.6) is 0 Å². The molecule has 3 nitrogen and oxygen atoms in total. The van der Waals surface area contributed by atoms with Crippen molar-refractivity contribution in [1.82, 2.24) is 9.97 Å². The highest BCUT2D eigenvalue weighted by atomic mass is 14.7. The van der Waals surface area contributed by atoms with Crippen LogP contribution in [-0.2, 0) is 0 Å². The molecule has 0 aliphatic heterocycles. The van der Waals surface area contributed by atoms with Gasteiger partial charge in [-0.15, -0.1) is 0 Å². The van der Waals surface area contributed by atoms with Crippen molar-refractivity contribution in [2.45, 2.75) is 19.8 Å². The molecule has 0 amide bonds. The molecule has 0 bridgehead atoms. The lowest BCUT2D eigenvalue weighted by atomic mass is 9.88. The summed E-state index contributed by atoms with van der Waals surface area (Å²) in [5.41, 5.74) is 9.53. The van der Waals surface area contributed by atoms with Crippen molar-refractivity contribution < 1.29 is 0 Å². The van der Waals surface area contributed by atoms with E-state index in [4.69, 9.17) is 5.73 Å². The Labute approximate surface area is 112 Å². The molecule has 1 unspecified atom stereocenters. The minimum Gasteiger partial charge on any atom is -0.354 e. The van der Waals surface area contributed by atoms with Gasteiger partial charge in [0, 0.05) is 34.2 Å². The average molecular weight is 253 g/mol. The smallest absolute Gasteiger partial charge is 0.0495 e. The number of H-pyrrole nitrogens is 1. The molecule has 3 N–H and O–H groups in total. The van der Waals surface area contributed by atoms with E-state index in [0.717, 1.165) is 11.0 Å². The number of pyridine rings is 1. The Morgan fingerprint density at radius 1 is 1.16 bits per heavy atom. The molecule has 0 radical (unpaired) electrons. The fourth-order valence-corrected chi connectivity index (χ4v) is 2.78. The maximum Gasteiger partial charge on any atom is 0.0495 e. The molecule has 0 aliphatic rings. The van der Waals surface area contributed by atoms with Crippen molar-refractivity contribution >= 4 is 21.8 Å². The predicted octanol–water partition coefficient (Wildman–Crippen LogP) is 3.41. The van der Waals surface area contributed by atoms with E-state index in [9.17, 15) is 0 Å². The summed E-state index contributed by atoms with van der Waals surface area (Å²) in [5, 5.41) is 2.42. The van der Waals surface area contributed by atoms with Crippen LogP contribution in [0.4, 0.5) is 0 Å². The molecule has 1 aromatic carbocycles. The van der Waals surface area contributed by atoms with Gasteiger partial charge in [0.05, 0.1) is 0 Å². The summed E-state index contributed by atoms with van der Waals surface area (Å²) in [6.07, 6.45) is 3.74. The second-order valence-electron chi connectivity index (χ2n) is 5.44. The second-order valence-corrected chi connectivity index (χ2v) is 5.44. The van der Waals surface area contributed by atoms with Crippen molar-refractivity contribution in [1.29, 1.82) is 0 Å². The first-order valence-electron chi connectivity index (χ1n) is 6.76. The topological polar surface area (TPSA) is 54.7 Å². The first-order chi connectivity index (χ1) is 9.20. The van der Waals surface area contributed by atoms with Crippen molar-refractivity contribution in [3.63, 3.8) is 0 Å². The molecule has 19 heavy (non-hydrogen) atoms. The molecule has 3 rings (SSSR count). The van der Waals surface area contributed by atoms with E-state index in [1.54, 1.807) is 0 Å². The van der Waals surface area contributed by atoms with E-state index >= 15 is 0 Å². The maximum atomic E-state index is 5.92. The maximum absolute atomic E-state index is 5.92. The molecular weight excluding hydrogens is 234 g/mol. The predicted molar refractivity (Wildman–Crippen MR) is 80.2 cm³/mol. The number of hydrogen-bond donors (Lipinski definition) is 2. The molecule has 0 fully saturated rings. The summed E-state index contributed by atoms with van der Waals surface area (Å²) in [4.78, 5) is 7.64. The van der Waals surface area contributed by atoms with Crippen molar-refractivity contribution in [2.24, 2.45) is 11.7 Å². The lowest BCUT2D eigenvalue weighted by molar-refractivity contribution is 0.507. The first kappa shape index (κ1) is 12.2. The van der Waals surface area contributed by atoms with E-state index in [-0.39, 0.29) is 0 Å². The Kier molecular flexibility index (Phi) is 2.99. The number of aromatic amines is 1. The van der Waals surface area contributed by atoms with Gasteiger partial charge in [-0.3, -0.25) is 4.98 Å². The van der Waals surface area contributed by atoms with Crippen molar-refractivity contribution in [3.8, 4) is 0 Å². The summed E-state index contributed by atoms with van der Waals surface area (Å²) in [7, 11) is 0. The zero-order valence-corrected chi connectivity index (χ0v) is 11.4. The van der Waals surface area contributed by atoms with E-state index in [1.165, 1.54) is 16.3 Å². The highest BCUT2D eigenvalue weighted by Gasteiger charge is 2.15. The Morgan fingerprint density at radius 3 is 2.68 bits per heavy atom. The van der Waals surface area contributed by atoms with E-state index in [1.807, 2.05) is 18.5 Å². The van der Waals surface area contributed by atoms with Crippen LogP contribution in [0.25, 0.3) is 21.8 Å². The summed E-state index contributed by atoms with van der Waals surface area (Å²) in [5.74, 6) is 0.955. The number of benzene rings is 1. The molecule has 0 spiro atoms. The van der Waals surface area contributed by atoms with Gasteiger partial charge in [-0.2, -0.15) is 0 Å². The summed E-state index contributed by atoms with van der Waals surface area (Å²) >= 11 is 0. The van der Waals surface area contributed by atoms with Crippen LogP contribution in [-0.4, -0.2) is 16.5 Å². The van der Waals surface area contributed by atoms with Gasteiger partial charge in [0.15, 0.2) is 0 Å². The minimum atomic E-state index is 0.408. The normalized spacial score (nSPS) is 13.5. The SMILES string of the molecule is CC(C)C(CN)c1ccc2[nH]c3ccncc3c2c1. The minimum absolute atomic E-state index is 0.408. The third kappa shape index (κ3) is 2.00. The number of nitrogens with zero attached hydrogens (tertiary/aromatic N) is 1. The van der Waals surface area contributed by atoms with Crippen LogP contribution >= 0.6 is 0 Å². The lowest BCUT2D eigenvalue weighted by Crippen LogP contribution is -2.17. The van der Waals surface area contributed by atoms with Gasteiger partial charge in [0.25, 0.3) is 0 Å². The highest BCUT2D eigenvalue weighted by molar-refractivity contribution is 6.06. The first-order valence-corrected chi connectivity index (χ1v) is 6.76. The quantitative estimate of drug-likeness (QED) is 0.751. The van der Waals surface area contributed by atoms with Gasteiger partial charge in [-0.1, -0.05) is 19.9 Å². The van der Waals surface area contributed by atoms with Gasteiger partial charge in [-0.25, -0.2) is 0 Å².